The molecule has 0 bridgehead atoms. The van der Waals surface area contributed by atoms with Gasteiger partial charge in [-0.3, -0.25) is 0 Å². The van der Waals surface area contributed by atoms with Crippen molar-refractivity contribution in [2.75, 3.05) is 0 Å². The largest absolute Gasteiger partial charge is 0.336 e. The van der Waals surface area contributed by atoms with E-state index in [4.69, 9.17) is 0 Å². The van der Waals surface area contributed by atoms with E-state index < -0.39 is 0 Å². The molecular formula is C11H12Y-2. The molecule has 0 aromatic heterocycles. The molecule has 1 heteroatoms. The Morgan fingerprint density at radius 3 is 1.83 bits per heavy atom. The monoisotopic (exact) mass is 233 g/mol. The Balaban J connectivity index is 0.000000720. The quantitative estimate of drug-likeness (QED) is 0.604. The van der Waals surface area contributed by atoms with Crippen LogP contribution in [0.5, 0.6) is 0 Å². The SMILES string of the molecule is [CH2-]C1CC([CH2-])c2ccccc21.[Y]. The average molecular weight is 233 g/mol. The van der Waals surface area contributed by atoms with E-state index in [9.17, 15) is 0 Å². The maximum atomic E-state index is 4.09. The first-order valence-corrected chi connectivity index (χ1v) is 4.04. The van der Waals surface area contributed by atoms with Crippen LogP contribution < -0.4 is 0 Å². The minimum Gasteiger partial charge on any atom is -0.336 e. The van der Waals surface area contributed by atoms with Gasteiger partial charge < -0.3 is 13.8 Å². The second-order valence-electron chi connectivity index (χ2n) is 3.26. The van der Waals surface area contributed by atoms with Gasteiger partial charge in [0.05, 0.1) is 0 Å². The second-order valence-corrected chi connectivity index (χ2v) is 3.26. The van der Waals surface area contributed by atoms with Crippen molar-refractivity contribution in [2.24, 2.45) is 0 Å². The Labute approximate surface area is 99.6 Å². The Kier molecular flexibility index (Phi) is 3.49. The summed E-state index contributed by atoms with van der Waals surface area (Å²) < 4.78 is 0. The van der Waals surface area contributed by atoms with Gasteiger partial charge in [-0.15, -0.1) is 11.8 Å². The molecule has 0 saturated carbocycles. The molecule has 1 aromatic rings. The Morgan fingerprint density at radius 1 is 1.00 bits per heavy atom. The summed E-state index contributed by atoms with van der Waals surface area (Å²) in [6, 6.07) is 8.49. The Hall–Kier alpha value is 0.324. The fraction of sp³-hybridized carbons (Fsp3) is 0.273. The van der Waals surface area contributed by atoms with Gasteiger partial charge in [-0.1, -0.05) is 41.8 Å². The standard InChI is InChI=1S/C11H12.Y/c1-8-7-9(2)11-6-4-3-5-10(8)11;/h3-6,8-9H,1-2,7H2;/q-2;. The van der Waals surface area contributed by atoms with Crippen LogP contribution in [0.15, 0.2) is 24.3 Å². The fourth-order valence-electron chi connectivity index (χ4n) is 1.85. The molecular weight excluding hydrogens is 221 g/mol. The summed E-state index contributed by atoms with van der Waals surface area (Å²) in [5.74, 6) is 0.933. The van der Waals surface area contributed by atoms with Crippen LogP contribution in [0.3, 0.4) is 0 Å². The van der Waals surface area contributed by atoms with E-state index in [0.29, 0.717) is 11.8 Å². The number of benzene rings is 1. The van der Waals surface area contributed by atoms with Crippen LogP contribution in [0.2, 0.25) is 0 Å². The molecule has 1 radical (unpaired) electrons. The summed E-state index contributed by atoms with van der Waals surface area (Å²) in [4.78, 5) is 0. The van der Waals surface area contributed by atoms with Crippen LogP contribution >= 0.6 is 0 Å². The number of fused-ring (bicyclic) bond motifs is 1. The third-order valence-electron chi connectivity index (χ3n) is 2.44. The van der Waals surface area contributed by atoms with Crippen LogP contribution in [-0.2, 0) is 32.7 Å². The van der Waals surface area contributed by atoms with Crippen LogP contribution in [-0.4, -0.2) is 0 Å². The minimum atomic E-state index is 0. The number of hydrogen-bond donors (Lipinski definition) is 0. The van der Waals surface area contributed by atoms with Crippen molar-refractivity contribution in [3.8, 4) is 0 Å². The van der Waals surface area contributed by atoms with Gasteiger partial charge >= 0.3 is 0 Å². The first kappa shape index (κ1) is 10.4. The molecule has 1 aromatic carbocycles. The van der Waals surface area contributed by atoms with Crippen LogP contribution in [0.4, 0.5) is 0 Å². The summed E-state index contributed by atoms with van der Waals surface area (Å²) in [5, 5.41) is 0. The van der Waals surface area contributed by atoms with Crippen molar-refractivity contribution in [3.05, 3.63) is 49.2 Å². The van der Waals surface area contributed by atoms with E-state index in [-0.39, 0.29) is 32.7 Å². The first-order chi connectivity index (χ1) is 5.29. The van der Waals surface area contributed by atoms with Crippen molar-refractivity contribution in [2.45, 2.75) is 18.3 Å². The maximum absolute atomic E-state index is 4.09. The van der Waals surface area contributed by atoms with E-state index in [1.54, 1.807) is 0 Å². The average Bonchev–Trinajstić information content (AvgIpc) is 2.30. The van der Waals surface area contributed by atoms with Gasteiger partial charge in [0.25, 0.3) is 0 Å². The molecule has 2 unspecified atom stereocenters. The van der Waals surface area contributed by atoms with Crippen molar-refractivity contribution in [1.29, 1.82) is 0 Å². The molecule has 0 aliphatic heterocycles. The summed E-state index contributed by atoms with van der Waals surface area (Å²) in [6.45, 7) is 8.18. The van der Waals surface area contributed by atoms with Gasteiger partial charge in [-0.05, 0) is 0 Å². The van der Waals surface area contributed by atoms with Crippen molar-refractivity contribution >= 4 is 0 Å². The van der Waals surface area contributed by atoms with E-state index >= 15 is 0 Å². The summed E-state index contributed by atoms with van der Waals surface area (Å²) in [5.41, 5.74) is 2.79. The molecule has 0 N–H and O–H groups in total. The van der Waals surface area contributed by atoms with E-state index in [1.165, 1.54) is 11.1 Å². The molecule has 61 valence electrons. The van der Waals surface area contributed by atoms with Gasteiger partial charge in [0.1, 0.15) is 0 Å². The smallest absolute Gasteiger partial charge is 0 e. The molecule has 1 aliphatic rings. The molecule has 0 amide bonds. The normalized spacial score (nSPS) is 26.2. The zero-order chi connectivity index (χ0) is 7.84. The number of rotatable bonds is 0. The molecule has 0 heterocycles. The fourth-order valence-corrected chi connectivity index (χ4v) is 1.85. The van der Waals surface area contributed by atoms with Crippen LogP contribution in [0.1, 0.15) is 29.4 Å². The zero-order valence-electron chi connectivity index (χ0n) is 7.16. The van der Waals surface area contributed by atoms with Crippen LogP contribution in [0.25, 0.3) is 0 Å². The first-order valence-electron chi connectivity index (χ1n) is 4.04. The predicted octanol–water partition coefficient (Wildman–Crippen LogP) is 2.92. The van der Waals surface area contributed by atoms with Crippen LogP contribution in [0, 0.1) is 13.8 Å². The molecule has 0 spiro atoms. The summed E-state index contributed by atoms with van der Waals surface area (Å²) in [7, 11) is 0. The second kappa shape index (κ2) is 4.02. The van der Waals surface area contributed by atoms with Crippen molar-refractivity contribution in [1.82, 2.24) is 0 Å². The Morgan fingerprint density at radius 2 is 1.42 bits per heavy atom. The van der Waals surface area contributed by atoms with Crippen molar-refractivity contribution < 1.29 is 32.7 Å². The van der Waals surface area contributed by atoms with Gasteiger partial charge in [-0.25, -0.2) is 0 Å². The van der Waals surface area contributed by atoms with Gasteiger partial charge in [0, 0.05) is 32.7 Å². The molecule has 12 heavy (non-hydrogen) atoms. The van der Waals surface area contributed by atoms with Gasteiger partial charge in [-0.2, -0.15) is 0 Å². The molecule has 2 rings (SSSR count). The van der Waals surface area contributed by atoms with Gasteiger partial charge in [0.15, 0.2) is 0 Å². The molecule has 0 saturated heterocycles. The summed E-state index contributed by atoms with van der Waals surface area (Å²) >= 11 is 0. The zero-order valence-corrected chi connectivity index (χ0v) is 10.0. The third kappa shape index (κ3) is 1.65. The predicted molar refractivity (Wildman–Crippen MR) is 47.3 cm³/mol. The van der Waals surface area contributed by atoms with E-state index in [2.05, 4.69) is 38.1 Å². The van der Waals surface area contributed by atoms with Crippen molar-refractivity contribution in [3.63, 3.8) is 0 Å². The van der Waals surface area contributed by atoms with Gasteiger partial charge in [0.2, 0.25) is 0 Å². The maximum Gasteiger partial charge on any atom is 0 e. The molecule has 0 fully saturated rings. The summed E-state index contributed by atoms with van der Waals surface area (Å²) in [6.07, 6.45) is 1.11. The van der Waals surface area contributed by atoms with E-state index in [0.717, 1.165) is 6.42 Å². The molecule has 2 atom stereocenters. The molecule has 1 aliphatic carbocycles. The molecule has 0 nitrogen and oxygen atoms in total. The Bertz CT molecular complexity index is 240. The topological polar surface area (TPSA) is 0 Å². The number of hydrogen-bond acceptors (Lipinski definition) is 0. The minimum absolute atomic E-state index is 0. The van der Waals surface area contributed by atoms with E-state index in [1.807, 2.05) is 0 Å². The third-order valence-corrected chi connectivity index (χ3v) is 2.44.